The van der Waals surface area contributed by atoms with Gasteiger partial charge in [0.05, 0.1) is 20.8 Å². The summed E-state index contributed by atoms with van der Waals surface area (Å²) >= 11 is 0. The molecule has 1 aromatic rings. The Morgan fingerprint density at radius 3 is 2.67 bits per heavy atom. The highest BCUT2D eigenvalue weighted by atomic mass is 16.5. The van der Waals surface area contributed by atoms with Crippen molar-refractivity contribution in [2.75, 3.05) is 51.9 Å². The van der Waals surface area contributed by atoms with Crippen molar-refractivity contribution in [1.82, 2.24) is 10.6 Å². The fourth-order valence-electron chi connectivity index (χ4n) is 3.12. The second-order valence-electron chi connectivity index (χ2n) is 6.07. The van der Waals surface area contributed by atoms with Crippen molar-refractivity contribution in [3.05, 3.63) is 18.2 Å². The first-order valence-corrected chi connectivity index (χ1v) is 8.30. The number of benzene rings is 1. The molecule has 132 valence electrons. The van der Waals surface area contributed by atoms with E-state index in [0.717, 1.165) is 43.2 Å². The molecule has 2 unspecified atom stereocenters. The highest BCUT2D eigenvalue weighted by Crippen LogP contribution is 2.30. The van der Waals surface area contributed by atoms with Crippen LogP contribution in [0.3, 0.4) is 0 Å². The third-order valence-electron chi connectivity index (χ3n) is 4.46. The van der Waals surface area contributed by atoms with Crippen molar-refractivity contribution in [3.63, 3.8) is 0 Å². The number of amides is 1. The molecule has 24 heavy (non-hydrogen) atoms. The summed E-state index contributed by atoms with van der Waals surface area (Å²) in [6, 6.07) is 5.95. The number of ether oxygens (including phenoxy) is 3. The van der Waals surface area contributed by atoms with Gasteiger partial charge in [-0.25, -0.2) is 0 Å². The Bertz CT molecular complexity index is 553. The summed E-state index contributed by atoms with van der Waals surface area (Å²) in [6.45, 7) is 3.61. The van der Waals surface area contributed by atoms with E-state index in [2.05, 4.69) is 15.5 Å². The molecule has 0 spiro atoms. The van der Waals surface area contributed by atoms with Crippen LogP contribution in [0.15, 0.2) is 18.2 Å². The van der Waals surface area contributed by atoms with Gasteiger partial charge in [0.15, 0.2) is 0 Å². The Morgan fingerprint density at radius 1 is 1.29 bits per heavy atom. The Morgan fingerprint density at radius 2 is 2.04 bits per heavy atom. The van der Waals surface area contributed by atoms with Crippen LogP contribution in [0.2, 0.25) is 0 Å². The Balaban J connectivity index is 1.59. The molecule has 2 atom stereocenters. The molecule has 0 aromatic heterocycles. The number of anilines is 1. The zero-order chi connectivity index (χ0) is 16.9. The van der Waals surface area contributed by atoms with Crippen molar-refractivity contribution >= 4 is 11.6 Å². The van der Waals surface area contributed by atoms with Gasteiger partial charge in [0.25, 0.3) is 5.91 Å². The predicted molar refractivity (Wildman–Crippen MR) is 90.9 cm³/mol. The summed E-state index contributed by atoms with van der Waals surface area (Å²) in [5.41, 5.74) is 1.04. The number of methoxy groups -OCH3 is 2. The lowest BCUT2D eigenvalue weighted by atomic mass is 10.2. The fraction of sp³-hybridized carbons (Fsp3) is 0.588. The molecule has 1 amide bonds. The molecule has 2 fully saturated rings. The molecule has 2 aliphatic heterocycles. The first kappa shape index (κ1) is 16.9. The maximum atomic E-state index is 12.3. The topological polar surface area (TPSA) is 72.1 Å². The van der Waals surface area contributed by atoms with E-state index in [0.29, 0.717) is 13.2 Å². The number of morpholine rings is 1. The molecular formula is C17H25N3O4. The number of nitrogens with zero attached hydrogens (tertiary/aromatic N) is 1. The van der Waals surface area contributed by atoms with E-state index in [4.69, 9.17) is 14.2 Å². The van der Waals surface area contributed by atoms with Crippen LogP contribution < -0.4 is 25.0 Å². The summed E-state index contributed by atoms with van der Waals surface area (Å²) < 4.78 is 16.2. The molecule has 2 heterocycles. The van der Waals surface area contributed by atoms with E-state index < -0.39 is 0 Å². The van der Waals surface area contributed by atoms with Gasteiger partial charge in [-0.1, -0.05) is 0 Å². The van der Waals surface area contributed by atoms with Gasteiger partial charge < -0.3 is 29.7 Å². The summed E-state index contributed by atoms with van der Waals surface area (Å²) in [5, 5.41) is 6.27. The maximum absolute atomic E-state index is 12.3. The van der Waals surface area contributed by atoms with Crippen LogP contribution in [0.1, 0.15) is 6.42 Å². The second kappa shape index (κ2) is 7.72. The van der Waals surface area contributed by atoms with Gasteiger partial charge in [-0.2, -0.15) is 0 Å². The van der Waals surface area contributed by atoms with E-state index in [1.165, 1.54) is 0 Å². The van der Waals surface area contributed by atoms with Crippen LogP contribution in [0, 0.1) is 0 Å². The summed E-state index contributed by atoms with van der Waals surface area (Å²) in [5.74, 6) is 1.49. The normalized spacial score (nSPS) is 23.8. The van der Waals surface area contributed by atoms with E-state index in [-0.39, 0.29) is 18.1 Å². The molecule has 2 aliphatic rings. The van der Waals surface area contributed by atoms with Gasteiger partial charge in [-0.05, 0) is 6.42 Å². The quantitative estimate of drug-likeness (QED) is 0.811. The minimum Gasteiger partial charge on any atom is -0.497 e. The molecule has 7 nitrogen and oxygen atoms in total. The third kappa shape index (κ3) is 3.91. The average molecular weight is 335 g/mol. The van der Waals surface area contributed by atoms with Crippen LogP contribution >= 0.6 is 0 Å². The van der Waals surface area contributed by atoms with Gasteiger partial charge >= 0.3 is 0 Å². The molecule has 7 heteroatoms. The van der Waals surface area contributed by atoms with Crippen molar-refractivity contribution in [1.29, 1.82) is 0 Å². The maximum Gasteiger partial charge on any atom is 0.250 e. The zero-order valence-electron chi connectivity index (χ0n) is 14.2. The van der Waals surface area contributed by atoms with Crippen molar-refractivity contribution in [3.8, 4) is 11.5 Å². The average Bonchev–Trinajstić information content (AvgIpc) is 3.10. The Hall–Kier alpha value is -1.99. The summed E-state index contributed by atoms with van der Waals surface area (Å²) in [4.78, 5) is 14.5. The lowest BCUT2D eigenvalue weighted by molar-refractivity contribution is -0.134. The van der Waals surface area contributed by atoms with Crippen LogP contribution in [0.4, 0.5) is 5.69 Å². The SMILES string of the molecule is COc1cc(OC)cc(N2CCC(NC(=O)C3CNCCO3)C2)c1. The van der Waals surface area contributed by atoms with Crippen LogP contribution in [-0.4, -0.2) is 65.1 Å². The smallest absolute Gasteiger partial charge is 0.250 e. The molecule has 0 bridgehead atoms. The van der Waals surface area contributed by atoms with Crippen molar-refractivity contribution in [2.24, 2.45) is 0 Å². The number of rotatable bonds is 5. The van der Waals surface area contributed by atoms with Gasteiger partial charge in [0.1, 0.15) is 17.6 Å². The standard InChI is InChI=1S/C17H25N3O4/c1-22-14-7-13(8-15(9-14)23-2)20-5-3-12(11-20)19-17(21)16-10-18-4-6-24-16/h7-9,12,16,18H,3-6,10-11H2,1-2H3,(H,19,21). The molecule has 0 saturated carbocycles. The number of carbonyl (C=O) groups excluding carboxylic acids is 1. The van der Waals surface area contributed by atoms with E-state index in [1.807, 2.05) is 18.2 Å². The molecular weight excluding hydrogens is 310 g/mol. The minimum absolute atomic E-state index is 0.0303. The van der Waals surface area contributed by atoms with Crippen LogP contribution in [-0.2, 0) is 9.53 Å². The number of hydrogen-bond acceptors (Lipinski definition) is 6. The Kier molecular flexibility index (Phi) is 5.42. The van der Waals surface area contributed by atoms with Crippen molar-refractivity contribution in [2.45, 2.75) is 18.6 Å². The minimum atomic E-state index is -0.385. The third-order valence-corrected chi connectivity index (χ3v) is 4.46. The number of nitrogens with one attached hydrogen (secondary N) is 2. The van der Waals surface area contributed by atoms with Crippen LogP contribution in [0.25, 0.3) is 0 Å². The van der Waals surface area contributed by atoms with Crippen LogP contribution in [0.5, 0.6) is 11.5 Å². The van der Waals surface area contributed by atoms with E-state index in [1.54, 1.807) is 14.2 Å². The fourth-order valence-corrected chi connectivity index (χ4v) is 3.12. The molecule has 3 rings (SSSR count). The number of hydrogen-bond donors (Lipinski definition) is 2. The van der Waals surface area contributed by atoms with Gasteiger partial charge in [0.2, 0.25) is 0 Å². The van der Waals surface area contributed by atoms with Crippen molar-refractivity contribution < 1.29 is 19.0 Å². The Labute approximate surface area is 142 Å². The molecule has 2 N–H and O–H groups in total. The van der Waals surface area contributed by atoms with Gasteiger partial charge in [-0.3, -0.25) is 4.79 Å². The molecule has 1 aromatic carbocycles. The first-order valence-electron chi connectivity index (χ1n) is 8.30. The highest BCUT2D eigenvalue weighted by Gasteiger charge is 2.28. The summed E-state index contributed by atoms with van der Waals surface area (Å²) in [6.07, 6.45) is 0.524. The van der Waals surface area contributed by atoms with Gasteiger partial charge in [-0.15, -0.1) is 0 Å². The molecule has 2 saturated heterocycles. The van der Waals surface area contributed by atoms with E-state index in [9.17, 15) is 4.79 Å². The lowest BCUT2D eigenvalue weighted by Gasteiger charge is -2.25. The largest absolute Gasteiger partial charge is 0.497 e. The highest BCUT2D eigenvalue weighted by molar-refractivity contribution is 5.81. The second-order valence-corrected chi connectivity index (χ2v) is 6.07. The molecule has 0 radical (unpaired) electrons. The summed E-state index contributed by atoms with van der Waals surface area (Å²) in [7, 11) is 3.29. The molecule has 0 aliphatic carbocycles. The lowest BCUT2D eigenvalue weighted by Crippen LogP contribution is -2.50. The number of carbonyl (C=O) groups is 1. The zero-order valence-corrected chi connectivity index (χ0v) is 14.2. The monoisotopic (exact) mass is 335 g/mol. The van der Waals surface area contributed by atoms with Gasteiger partial charge in [0, 0.05) is 56.1 Å². The van der Waals surface area contributed by atoms with E-state index >= 15 is 0 Å². The predicted octanol–water partition coefficient (Wildman–Crippen LogP) is 0.387. The first-order chi connectivity index (χ1) is 11.7.